The molecule has 4 aromatic heterocycles. The molecular weight excluding hydrogens is 599 g/mol. The summed E-state index contributed by atoms with van der Waals surface area (Å²) < 4.78 is 14.4. The number of nitrogens with zero attached hydrogens (tertiary/aromatic N) is 1. The molecule has 0 radical (unpaired) electrons. The normalized spacial score (nSPS) is 12.3. The zero-order valence-corrected chi connectivity index (χ0v) is 26.1. The van der Waals surface area contributed by atoms with Crippen LogP contribution in [0.15, 0.2) is 144 Å². The minimum atomic E-state index is 0.919. The third-order valence-corrected chi connectivity index (χ3v) is 11.9. The second-order valence-corrected chi connectivity index (χ2v) is 14.1. The van der Waals surface area contributed by atoms with Gasteiger partial charge in [0.15, 0.2) is 0 Å². The minimum Gasteiger partial charge on any atom is -0.455 e. The summed E-state index contributed by atoms with van der Waals surface area (Å²) in [5.41, 5.74) is 7.75. The molecule has 214 valence electrons. The number of aromatic nitrogens is 1. The van der Waals surface area contributed by atoms with Crippen LogP contribution in [-0.2, 0) is 0 Å². The maximum absolute atomic E-state index is 6.48. The average molecular weight is 622 g/mol. The van der Waals surface area contributed by atoms with Crippen LogP contribution >= 0.6 is 22.7 Å². The van der Waals surface area contributed by atoms with E-state index in [0.717, 1.165) is 38.8 Å². The van der Waals surface area contributed by atoms with E-state index in [2.05, 4.69) is 138 Å². The Morgan fingerprint density at radius 1 is 0.478 bits per heavy atom. The number of rotatable bonds is 2. The monoisotopic (exact) mass is 621 g/mol. The van der Waals surface area contributed by atoms with Crippen molar-refractivity contribution in [3.05, 3.63) is 140 Å². The van der Waals surface area contributed by atoms with Crippen molar-refractivity contribution in [2.24, 2.45) is 0 Å². The molecule has 2 nitrogen and oxygen atoms in total. The fraction of sp³-hybridized carbons (Fsp3) is 0. The van der Waals surface area contributed by atoms with Crippen LogP contribution in [0.4, 0.5) is 0 Å². The maximum atomic E-state index is 6.48. The van der Waals surface area contributed by atoms with E-state index in [-0.39, 0.29) is 0 Å². The molecule has 0 atom stereocenters. The van der Waals surface area contributed by atoms with Crippen molar-refractivity contribution in [3.63, 3.8) is 0 Å². The quantitative estimate of drug-likeness (QED) is 0.188. The van der Waals surface area contributed by atoms with E-state index in [1.54, 1.807) is 0 Å². The Bertz CT molecular complexity index is 3040. The molecule has 4 heterocycles. The van der Waals surface area contributed by atoms with E-state index >= 15 is 0 Å². The fourth-order valence-corrected chi connectivity index (χ4v) is 10.3. The van der Waals surface area contributed by atoms with Crippen LogP contribution < -0.4 is 0 Å². The molecule has 4 heteroatoms. The molecule has 0 aliphatic heterocycles. The van der Waals surface area contributed by atoms with E-state index in [0.29, 0.717) is 0 Å². The molecule has 46 heavy (non-hydrogen) atoms. The van der Waals surface area contributed by atoms with Crippen molar-refractivity contribution in [1.29, 1.82) is 0 Å². The van der Waals surface area contributed by atoms with Gasteiger partial charge in [-0.15, -0.1) is 22.7 Å². The molecular formula is C42H23NOS2. The standard InChI is InChI=1S/C42H23NOS2/c1-5-19-32-29(14-1)36-37-30-15-3-7-21-34(30)45-41(37)38-31-16-4-8-22-35(31)46-42(38)39(36)43(32)25-12-9-11-24(23-25)26-17-10-18-28-27-13-2-6-20-33(27)44-40(26)28/h1-23H. The Labute approximate surface area is 270 Å². The van der Waals surface area contributed by atoms with Crippen LogP contribution in [0.3, 0.4) is 0 Å². The van der Waals surface area contributed by atoms with Gasteiger partial charge in [-0.2, -0.15) is 0 Å². The van der Waals surface area contributed by atoms with Crippen molar-refractivity contribution in [3.8, 4) is 16.8 Å². The summed E-state index contributed by atoms with van der Waals surface area (Å²) >= 11 is 3.84. The van der Waals surface area contributed by atoms with Gasteiger partial charge in [-0.25, -0.2) is 0 Å². The van der Waals surface area contributed by atoms with E-state index in [1.807, 2.05) is 28.7 Å². The number of para-hydroxylation sites is 3. The van der Waals surface area contributed by atoms with Gasteiger partial charge >= 0.3 is 0 Å². The molecule has 7 aromatic carbocycles. The van der Waals surface area contributed by atoms with Crippen LogP contribution in [0.2, 0.25) is 0 Å². The number of hydrogen-bond donors (Lipinski definition) is 0. The lowest BCUT2D eigenvalue weighted by molar-refractivity contribution is 0.670. The number of fused-ring (bicyclic) bond motifs is 15. The SMILES string of the molecule is c1cc(-c2cccc3c2oc2ccccc23)cc(-n2c3ccccc3c3c4c5ccccc5sc4c4c5ccccc5sc4c32)c1. The topological polar surface area (TPSA) is 18.1 Å². The average Bonchev–Trinajstić information content (AvgIpc) is 3.86. The highest BCUT2D eigenvalue weighted by Crippen LogP contribution is 2.52. The predicted octanol–water partition coefficient (Wildman–Crippen LogP) is 13.1. The summed E-state index contributed by atoms with van der Waals surface area (Å²) in [6.07, 6.45) is 0. The highest BCUT2D eigenvalue weighted by atomic mass is 32.1. The molecule has 0 aliphatic rings. The lowest BCUT2D eigenvalue weighted by atomic mass is 10.0. The number of benzene rings is 7. The first-order chi connectivity index (χ1) is 22.8. The van der Waals surface area contributed by atoms with Crippen LogP contribution in [0, 0.1) is 0 Å². The third-order valence-electron chi connectivity index (χ3n) is 9.58. The zero-order valence-electron chi connectivity index (χ0n) is 24.5. The van der Waals surface area contributed by atoms with Crippen LogP contribution in [0.25, 0.3) is 101 Å². The Morgan fingerprint density at radius 2 is 1.13 bits per heavy atom. The largest absolute Gasteiger partial charge is 0.455 e. The minimum absolute atomic E-state index is 0.919. The molecule has 0 amide bonds. The number of furan rings is 1. The lowest BCUT2D eigenvalue weighted by Gasteiger charge is -2.11. The van der Waals surface area contributed by atoms with Gasteiger partial charge in [-0.1, -0.05) is 103 Å². The van der Waals surface area contributed by atoms with Gasteiger partial charge in [0.2, 0.25) is 0 Å². The van der Waals surface area contributed by atoms with E-state index in [1.165, 1.54) is 62.2 Å². The first-order valence-corrected chi connectivity index (χ1v) is 17.2. The van der Waals surface area contributed by atoms with E-state index in [9.17, 15) is 0 Å². The van der Waals surface area contributed by atoms with Crippen LogP contribution in [0.1, 0.15) is 0 Å². The molecule has 0 bridgehead atoms. The van der Waals surface area contributed by atoms with Crippen LogP contribution in [0.5, 0.6) is 0 Å². The predicted molar refractivity (Wildman–Crippen MR) is 199 cm³/mol. The van der Waals surface area contributed by atoms with E-state index < -0.39 is 0 Å². The van der Waals surface area contributed by atoms with Crippen molar-refractivity contribution in [2.45, 2.75) is 0 Å². The van der Waals surface area contributed by atoms with Crippen LogP contribution in [-0.4, -0.2) is 4.57 Å². The van der Waals surface area contributed by atoms with Gasteiger partial charge in [-0.05, 0) is 42.0 Å². The Morgan fingerprint density at radius 3 is 1.98 bits per heavy atom. The van der Waals surface area contributed by atoms with E-state index in [4.69, 9.17) is 4.42 Å². The molecule has 11 rings (SSSR count). The van der Waals surface area contributed by atoms with Crippen molar-refractivity contribution < 1.29 is 4.42 Å². The van der Waals surface area contributed by atoms with Crippen molar-refractivity contribution in [2.75, 3.05) is 0 Å². The number of thiophene rings is 2. The van der Waals surface area contributed by atoms with Crippen molar-refractivity contribution >= 4 is 107 Å². The summed E-state index contributed by atoms with van der Waals surface area (Å²) in [5.74, 6) is 0. The molecule has 0 fully saturated rings. The highest BCUT2D eigenvalue weighted by molar-refractivity contribution is 7.30. The van der Waals surface area contributed by atoms with Gasteiger partial charge in [0.05, 0.1) is 15.7 Å². The second-order valence-electron chi connectivity index (χ2n) is 12.0. The maximum Gasteiger partial charge on any atom is 0.143 e. The first kappa shape index (κ1) is 24.8. The first-order valence-electron chi connectivity index (χ1n) is 15.5. The molecule has 0 saturated heterocycles. The summed E-state index contributed by atoms with van der Waals surface area (Å²) in [4.78, 5) is 0. The molecule has 0 aliphatic carbocycles. The van der Waals surface area contributed by atoms with Gasteiger partial charge in [-0.3, -0.25) is 0 Å². The fourth-order valence-electron chi connectivity index (χ4n) is 7.67. The van der Waals surface area contributed by atoms with Gasteiger partial charge in [0, 0.05) is 68.4 Å². The van der Waals surface area contributed by atoms with Gasteiger partial charge in [0.1, 0.15) is 11.2 Å². The Balaban J connectivity index is 1.31. The molecule has 0 unspecified atom stereocenters. The second kappa shape index (κ2) is 9.07. The van der Waals surface area contributed by atoms with Crippen molar-refractivity contribution in [1.82, 2.24) is 4.57 Å². The lowest BCUT2D eigenvalue weighted by Crippen LogP contribution is -1.94. The molecule has 11 aromatic rings. The zero-order chi connectivity index (χ0) is 29.9. The smallest absolute Gasteiger partial charge is 0.143 e. The summed E-state index contributed by atoms with van der Waals surface area (Å²) in [6, 6.07) is 50.5. The Hall–Kier alpha value is -5.42. The Kier molecular flexibility index (Phi) is 4.90. The third kappa shape index (κ3) is 3.20. The number of hydrogen-bond acceptors (Lipinski definition) is 3. The van der Waals surface area contributed by atoms with Gasteiger partial charge < -0.3 is 8.98 Å². The summed E-state index contributed by atoms with van der Waals surface area (Å²) in [6.45, 7) is 0. The highest BCUT2D eigenvalue weighted by Gasteiger charge is 2.24. The molecule has 0 N–H and O–H groups in total. The summed E-state index contributed by atoms with van der Waals surface area (Å²) in [7, 11) is 0. The molecule has 0 saturated carbocycles. The van der Waals surface area contributed by atoms with Gasteiger partial charge in [0.25, 0.3) is 0 Å². The molecule has 0 spiro atoms. The summed E-state index contributed by atoms with van der Waals surface area (Å²) in [5, 5.41) is 10.3.